The Kier molecular flexibility index (Phi) is 5.74. The Hall–Kier alpha value is -1.85. The molecule has 0 saturated heterocycles. The van der Waals surface area contributed by atoms with Crippen molar-refractivity contribution in [2.24, 2.45) is 0 Å². The summed E-state index contributed by atoms with van der Waals surface area (Å²) < 4.78 is 2.13. The minimum Gasteiger partial charge on any atom is -0.316 e. The van der Waals surface area contributed by atoms with Gasteiger partial charge >= 0.3 is 0 Å². The molecule has 28 heavy (non-hydrogen) atoms. The van der Waals surface area contributed by atoms with Crippen molar-refractivity contribution in [2.45, 2.75) is 81.7 Å². The molecule has 148 valence electrons. The fraction of sp³-hybridized carbons (Fsp3) is 0.600. The van der Waals surface area contributed by atoms with Gasteiger partial charge in [0.2, 0.25) is 5.91 Å². The van der Waals surface area contributed by atoms with E-state index in [-0.39, 0.29) is 11.2 Å². The van der Waals surface area contributed by atoms with Gasteiger partial charge in [0, 0.05) is 17.3 Å². The van der Waals surface area contributed by atoms with E-state index in [0.29, 0.717) is 16.5 Å². The molecule has 0 radical (unpaired) electrons. The summed E-state index contributed by atoms with van der Waals surface area (Å²) in [5.41, 5.74) is 1.82. The van der Waals surface area contributed by atoms with E-state index in [2.05, 4.69) is 33.1 Å². The average Bonchev–Trinajstić information content (AvgIpc) is 3.43. The molecule has 2 aliphatic rings. The fourth-order valence-corrected chi connectivity index (χ4v) is 5.86. The first-order valence-electron chi connectivity index (χ1n) is 10.1. The summed E-state index contributed by atoms with van der Waals surface area (Å²) in [5, 5.41) is 22.5. The van der Waals surface area contributed by atoms with Crippen molar-refractivity contribution in [3.05, 3.63) is 21.8 Å². The van der Waals surface area contributed by atoms with Crippen LogP contribution in [0, 0.1) is 11.3 Å². The molecule has 1 amide bonds. The number of amides is 1. The number of fused-ring (bicyclic) bond motifs is 1. The highest BCUT2D eigenvalue weighted by Gasteiger charge is 2.31. The van der Waals surface area contributed by atoms with Crippen molar-refractivity contribution in [1.29, 1.82) is 5.26 Å². The van der Waals surface area contributed by atoms with Gasteiger partial charge < -0.3 is 9.88 Å². The van der Waals surface area contributed by atoms with Gasteiger partial charge in [0.1, 0.15) is 16.9 Å². The quantitative estimate of drug-likeness (QED) is 0.555. The van der Waals surface area contributed by atoms with Gasteiger partial charge in [0.05, 0.1) is 10.8 Å². The molecule has 4 rings (SSSR count). The van der Waals surface area contributed by atoms with E-state index in [1.165, 1.54) is 35.9 Å². The van der Waals surface area contributed by atoms with Gasteiger partial charge in [-0.05, 0) is 57.9 Å². The van der Waals surface area contributed by atoms with Gasteiger partial charge in [-0.25, -0.2) is 0 Å². The van der Waals surface area contributed by atoms with E-state index in [4.69, 9.17) is 0 Å². The highest BCUT2D eigenvalue weighted by atomic mass is 32.2. The van der Waals surface area contributed by atoms with E-state index < -0.39 is 0 Å². The first kappa shape index (κ1) is 19.5. The predicted octanol–water partition coefficient (Wildman–Crippen LogP) is 4.50. The zero-order chi connectivity index (χ0) is 19.7. The highest BCUT2D eigenvalue weighted by molar-refractivity contribution is 8.00. The maximum absolute atomic E-state index is 12.8. The summed E-state index contributed by atoms with van der Waals surface area (Å²) in [4.78, 5) is 14.1. The van der Waals surface area contributed by atoms with E-state index >= 15 is 0 Å². The number of hydrogen-bond acceptors (Lipinski definition) is 6. The summed E-state index contributed by atoms with van der Waals surface area (Å²) in [6, 6.07) is 2.33. The molecule has 1 fully saturated rings. The molecule has 0 spiro atoms. The second-order valence-corrected chi connectivity index (χ2v) is 9.90. The number of anilines is 1. The Labute approximate surface area is 173 Å². The third-order valence-corrected chi connectivity index (χ3v) is 7.71. The summed E-state index contributed by atoms with van der Waals surface area (Å²) >= 11 is 3.02. The van der Waals surface area contributed by atoms with Crippen molar-refractivity contribution >= 4 is 34.0 Å². The van der Waals surface area contributed by atoms with E-state index in [0.717, 1.165) is 48.8 Å². The minimum absolute atomic E-state index is 0.0865. The molecule has 0 bridgehead atoms. The number of nitriles is 1. The molecule has 1 atom stereocenters. The fourth-order valence-electron chi connectivity index (χ4n) is 3.70. The standard InChI is InChI=1S/C20H25N5OS2/c1-3-25-17(13-9-10-13)23-24-20(25)27-12(2)18(26)22-19-15(11-21)14-7-5-4-6-8-16(14)28-19/h12-13H,3-10H2,1-2H3,(H,22,26)/t12-/m0/s1. The summed E-state index contributed by atoms with van der Waals surface area (Å²) in [7, 11) is 0. The highest BCUT2D eigenvalue weighted by Crippen LogP contribution is 2.41. The van der Waals surface area contributed by atoms with Gasteiger partial charge in [-0.3, -0.25) is 4.79 Å². The van der Waals surface area contributed by atoms with Crippen LogP contribution in [0.25, 0.3) is 0 Å². The van der Waals surface area contributed by atoms with E-state index in [9.17, 15) is 10.1 Å². The number of hydrogen-bond donors (Lipinski definition) is 1. The van der Waals surface area contributed by atoms with Crippen LogP contribution in [0.1, 0.15) is 73.7 Å². The van der Waals surface area contributed by atoms with Crippen LogP contribution < -0.4 is 5.32 Å². The van der Waals surface area contributed by atoms with Crippen molar-refractivity contribution < 1.29 is 4.79 Å². The Morgan fingerprint density at radius 1 is 1.36 bits per heavy atom. The Morgan fingerprint density at radius 2 is 2.14 bits per heavy atom. The van der Waals surface area contributed by atoms with E-state index in [1.807, 2.05) is 6.92 Å². The molecule has 2 aromatic rings. The zero-order valence-electron chi connectivity index (χ0n) is 16.3. The van der Waals surface area contributed by atoms with E-state index in [1.54, 1.807) is 11.3 Å². The molecule has 2 aliphatic carbocycles. The summed E-state index contributed by atoms with van der Waals surface area (Å²) in [6.45, 7) is 4.78. The number of thioether (sulfide) groups is 1. The second-order valence-electron chi connectivity index (χ2n) is 7.49. The lowest BCUT2D eigenvalue weighted by atomic mass is 10.1. The third kappa shape index (κ3) is 3.83. The van der Waals surface area contributed by atoms with Gasteiger partial charge in [-0.2, -0.15) is 5.26 Å². The molecule has 8 heteroatoms. The third-order valence-electron chi connectivity index (χ3n) is 5.43. The van der Waals surface area contributed by atoms with Crippen LogP contribution in [-0.4, -0.2) is 25.9 Å². The molecule has 1 N–H and O–H groups in total. The lowest BCUT2D eigenvalue weighted by Crippen LogP contribution is -2.23. The van der Waals surface area contributed by atoms with Gasteiger partial charge in [0.25, 0.3) is 0 Å². The number of carbonyl (C=O) groups is 1. The monoisotopic (exact) mass is 415 g/mol. The molecular formula is C20H25N5OS2. The van der Waals surface area contributed by atoms with Crippen molar-refractivity contribution in [3.63, 3.8) is 0 Å². The molecule has 0 aliphatic heterocycles. The molecular weight excluding hydrogens is 390 g/mol. The lowest BCUT2D eigenvalue weighted by molar-refractivity contribution is -0.115. The number of carbonyl (C=O) groups excluding carboxylic acids is 1. The zero-order valence-corrected chi connectivity index (χ0v) is 18.0. The second kappa shape index (κ2) is 8.26. The molecule has 1 saturated carbocycles. The van der Waals surface area contributed by atoms with Crippen molar-refractivity contribution in [2.75, 3.05) is 5.32 Å². The van der Waals surface area contributed by atoms with Crippen LogP contribution in [0.3, 0.4) is 0 Å². The number of aryl methyl sites for hydroxylation is 1. The summed E-state index contributed by atoms with van der Waals surface area (Å²) in [5.74, 6) is 1.49. The molecule has 6 nitrogen and oxygen atoms in total. The SMILES string of the molecule is CCn1c(S[C@@H](C)C(=O)Nc2sc3c(c2C#N)CCCCC3)nnc1C1CC1. The smallest absolute Gasteiger partial charge is 0.238 e. The van der Waals surface area contributed by atoms with Crippen LogP contribution in [0.2, 0.25) is 0 Å². The molecule has 0 unspecified atom stereocenters. The minimum atomic E-state index is -0.310. The van der Waals surface area contributed by atoms with Crippen molar-refractivity contribution in [3.8, 4) is 6.07 Å². The maximum atomic E-state index is 12.8. The molecule has 2 heterocycles. The predicted molar refractivity (Wildman–Crippen MR) is 112 cm³/mol. The largest absolute Gasteiger partial charge is 0.316 e. The van der Waals surface area contributed by atoms with Crippen LogP contribution >= 0.6 is 23.1 Å². The van der Waals surface area contributed by atoms with Gasteiger partial charge in [-0.15, -0.1) is 21.5 Å². The summed E-state index contributed by atoms with van der Waals surface area (Å²) in [6.07, 6.45) is 7.80. The van der Waals surface area contributed by atoms with Gasteiger partial charge in [0.15, 0.2) is 5.16 Å². The number of nitrogens with zero attached hydrogens (tertiary/aromatic N) is 4. The number of rotatable bonds is 6. The van der Waals surface area contributed by atoms with Crippen molar-refractivity contribution in [1.82, 2.24) is 14.8 Å². The van der Waals surface area contributed by atoms with Crippen LogP contribution in [0.5, 0.6) is 0 Å². The Bertz CT molecular complexity index is 922. The number of aromatic nitrogens is 3. The first-order valence-corrected chi connectivity index (χ1v) is 11.8. The number of nitrogens with one attached hydrogen (secondary N) is 1. The Balaban J connectivity index is 1.48. The molecule has 2 aromatic heterocycles. The maximum Gasteiger partial charge on any atom is 0.238 e. The lowest BCUT2D eigenvalue weighted by Gasteiger charge is -2.12. The molecule has 0 aromatic carbocycles. The Morgan fingerprint density at radius 3 is 2.86 bits per heavy atom. The number of thiophene rings is 1. The topological polar surface area (TPSA) is 83.6 Å². The van der Waals surface area contributed by atoms with Crippen LogP contribution in [0.4, 0.5) is 5.00 Å². The van der Waals surface area contributed by atoms with Crippen LogP contribution in [0.15, 0.2) is 5.16 Å². The first-order chi connectivity index (χ1) is 13.6. The van der Waals surface area contributed by atoms with Crippen LogP contribution in [-0.2, 0) is 24.2 Å². The normalized spacial score (nSPS) is 17.5. The average molecular weight is 416 g/mol. The van der Waals surface area contributed by atoms with Gasteiger partial charge in [-0.1, -0.05) is 18.2 Å².